The first-order valence-corrected chi connectivity index (χ1v) is 7.27. The molecule has 0 saturated heterocycles. The molecule has 1 N–H and O–H groups in total. The Hall–Kier alpha value is -2.01. The second kappa shape index (κ2) is 5.77. The van der Waals surface area contributed by atoms with Gasteiger partial charge in [-0.05, 0) is 37.8 Å². The normalized spacial score (nSPS) is 15.3. The molecule has 1 aromatic carbocycles. The first-order chi connectivity index (χ1) is 10.2. The van der Waals surface area contributed by atoms with Gasteiger partial charge in [-0.15, -0.1) is 0 Å². The minimum Gasteiger partial charge on any atom is -0.486 e. The van der Waals surface area contributed by atoms with Gasteiger partial charge < -0.3 is 9.84 Å². The highest BCUT2D eigenvalue weighted by Gasteiger charge is 2.25. The van der Waals surface area contributed by atoms with Crippen molar-refractivity contribution in [2.24, 2.45) is 0 Å². The molecule has 0 unspecified atom stereocenters. The Morgan fingerprint density at radius 2 is 2.05 bits per heavy atom. The van der Waals surface area contributed by atoms with Crippen LogP contribution in [0.25, 0.3) is 5.69 Å². The SMILES string of the molecule is O=C(O)c1c(OC2CCCC2)cnn1-c1ccccc1Cl. The molecule has 5 nitrogen and oxygen atoms in total. The molecule has 0 radical (unpaired) electrons. The van der Waals surface area contributed by atoms with Gasteiger partial charge in [0, 0.05) is 0 Å². The van der Waals surface area contributed by atoms with E-state index in [0.29, 0.717) is 16.5 Å². The standard InChI is InChI=1S/C15H15ClN2O3/c16-11-7-3-4-8-12(11)18-14(15(19)20)13(9-17-18)21-10-5-1-2-6-10/h3-4,7-10H,1-2,5-6H2,(H,19,20). The number of aromatic nitrogens is 2. The second-order valence-corrected chi connectivity index (χ2v) is 5.46. The first kappa shape index (κ1) is 13.9. The summed E-state index contributed by atoms with van der Waals surface area (Å²) in [6.45, 7) is 0. The third kappa shape index (κ3) is 2.74. The van der Waals surface area contributed by atoms with E-state index in [9.17, 15) is 9.90 Å². The lowest BCUT2D eigenvalue weighted by atomic mass is 10.3. The maximum atomic E-state index is 11.6. The Balaban J connectivity index is 2.00. The summed E-state index contributed by atoms with van der Waals surface area (Å²) in [6.07, 6.45) is 5.67. The fourth-order valence-corrected chi connectivity index (χ4v) is 2.82. The summed E-state index contributed by atoms with van der Waals surface area (Å²) >= 11 is 6.12. The van der Waals surface area contributed by atoms with Gasteiger partial charge in [-0.3, -0.25) is 0 Å². The van der Waals surface area contributed by atoms with Crippen LogP contribution in [0.5, 0.6) is 5.75 Å². The number of halogens is 1. The highest BCUT2D eigenvalue weighted by Crippen LogP contribution is 2.29. The largest absolute Gasteiger partial charge is 0.486 e. The van der Waals surface area contributed by atoms with Gasteiger partial charge in [0.2, 0.25) is 0 Å². The summed E-state index contributed by atoms with van der Waals surface area (Å²) in [4.78, 5) is 11.6. The molecule has 6 heteroatoms. The van der Waals surface area contributed by atoms with Crippen LogP contribution in [0.4, 0.5) is 0 Å². The number of hydrogen-bond donors (Lipinski definition) is 1. The molecule has 1 aromatic heterocycles. The molecule has 110 valence electrons. The second-order valence-electron chi connectivity index (χ2n) is 5.05. The van der Waals surface area contributed by atoms with Crippen molar-refractivity contribution in [2.45, 2.75) is 31.8 Å². The van der Waals surface area contributed by atoms with E-state index in [1.165, 1.54) is 10.9 Å². The average Bonchev–Trinajstić information content (AvgIpc) is 3.09. The highest BCUT2D eigenvalue weighted by atomic mass is 35.5. The van der Waals surface area contributed by atoms with Crippen LogP contribution in [0.15, 0.2) is 30.5 Å². The third-order valence-corrected chi connectivity index (χ3v) is 3.93. The third-order valence-electron chi connectivity index (χ3n) is 3.61. The maximum absolute atomic E-state index is 11.6. The molecule has 0 atom stereocenters. The quantitative estimate of drug-likeness (QED) is 0.938. The minimum absolute atomic E-state index is 0.00926. The topological polar surface area (TPSA) is 64.3 Å². The van der Waals surface area contributed by atoms with Crippen molar-refractivity contribution >= 4 is 17.6 Å². The van der Waals surface area contributed by atoms with Crippen LogP contribution in [-0.2, 0) is 0 Å². The fraction of sp³-hybridized carbons (Fsp3) is 0.333. The predicted octanol–water partition coefficient (Wildman–Crippen LogP) is 3.55. The van der Waals surface area contributed by atoms with Gasteiger partial charge >= 0.3 is 5.97 Å². The summed E-state index contributed by atoms with van der Waals surface area (Å²) in [5.74, 6) is -0.783. The monoisotopic (exact) mass is 306 g/mol. The van der Waals surface area contributed by atoms with Crippen molar-refractivity contribution in [3.05, 3.63) is 41.2 Å². The summed E-state index contributed by atoms with van der Waals surface area (Å²) in [6, 6.07) is 6.99. The molecule has 0 aliphatic heterocycles. The summed E-state index contributed by atoms with van der Waals surface area (Å²) in [7, 11) is 0. The van der Waals surface area contributed by atoms with Gasteiger partial charge in [0.05, 0.1) is 23.0 Å². The van der Waals surface area contributed by atoms with E-state index in [2.05, 4.69) is 5.10 Å². The molecular formula is C15H15ClN2O3. The summed E-state index contributed by atoms with van der Waals surface area (Å²) < 4.78 is 7.12. The van der Waals surface area contributed by atoms with E-state index in [4.69, 9.17) is 16.3 Å². The zero-order valence-corrected chi connectivity index (χ0v) is 12.1. The number of benzene rings is 1. The van der Waals surface area contributed by atoms with E-state index in [0.717, 1.165) is 25.7 Å². The number of aromatic carboxylic acids is 1. The number of hydrogen-bond acceptors (Lipinski definition) is 3. The summed E-state index contributed by atoms with van der Waals surface area (Å²) in [5, 5.41) is 14.1. The van der Waals surface area contributed by atoms with E-state index in [-0.39, 0.29) is 11.8 Å². The van der Waals surface area contributed by atoms with Crippen LogP contribution in [0.2, 0.25) is 5.02 Å². The molecule has 0 bridgehead atoms. The number of ether oxygens (including phenoxy) is 1. The van der Waals surface area contributed by atoms with Gasteiger partial charge in [-0.25, -0.2) is 9.48 Å². The van der Waals surface area contributed by atoms with Crippen LogP contribution >= 0.6 is 11.6 Å². The highest BCUT2D eigenvalue weighted by molar-refractivity contribution is 6.32. The first-order valence-electron chi connectivity index (χ1n) is 6.89. The van der Waals surface area contributed by atoms with Crippen molar-refractivity contribution in [1.82, 2.24) is 9.78 Å². The smallest absolute Gasteiger partial charge is 0.358 e. The lowest BCUT2D eigenvalue weighted by Gasteiger charge is -2.12. The van der Waals surface area contributed by atoms with E-state index in [1.807, 2.05) is 0 Å². The minimum atomic E-state index is -1.08. The summed E-state index contributed by atoms with van der Waals surface area (Å²) in [5.41, 5.74) is 0.535. The van der Waals surface area contributed by atoms with Crippen LogP contribution in [0.3, 0.4) is 0 Å². The molecule has 21 heavy (non-hydrogen) atoms. The predicted molar refractivity (Wildman–Crippen MR) is 78.4 cm³/mol. The molecule has 3 rings (SSSR count). The van der Waals surface area contributed by atoms with Crippen molar-refractivity contribution < 1.29 is 14.6 Å². The Labute approximate surface area is 127 Å². The van der Waals surface area contributed by atoms with E-state index in [1.54, 1.807) is 24.3 Å². The molecule has 1 heterocycles. The molecule has 0 amide bonds. The maximum Gasteiger partial charge on any atom is 0.358 e. The fourth-order valence-electron chi connectivity index (χ4n) is 2.61. The van der Waals surface area contributed by atoms with Crippen LogP contribution in [0, 0.1) is 0 Å². The van der Waals surface area contributed by atoms with Crippen molar-refractivity contribution in [3.8, 4) is 11.4 Å². The zero-order valence-electron chi connectivity index (χ0n) is 11.3. The van der Waals surface area contributed by atoms with Crippen LogP contribution in [0.1, 0.15) is 36.2 Å². The Morgan fingerprint density at radius 1 is 1.33 bits per heavy atom. The van der Waals surface area contributed by atoms with Crippen molar-refractivity contribution in [1.29, 1.82) is 0 Å². The van der Waals surface area contributed by atoms with Crippen molar-refractivity contribution in [3.63, 3.8) is 0 Å². The van der Waals surface area contributed by atoms with E-state index >= 15 is 0 Å². The Kier molecular flexibility index (Phi) is 3.84. The number of carbonyl (C=O) groups is 1. The van der Waals surface area contributed by atoms with Gasteiger partial charge in [-0.2, -0.15) is 5.10 Å². The Morgan fingerprint density at radius 3 is 2.71 bits per heavy atom. The van der Waals surface area contributed by atoms with Crippen molar-refractivity contribution in [2.75, 3.05) is 0 Å². The van der Waals surface area contributed by atoms with E-state index < -0.39 is 5.97 Å². The van der Waals surface area contributed by atoms with Crippen LogP contribution in [-0.4, -0.2) is 27.0 Å². The average molecular weight is 307 g/mol. The number of carboxylic acid groups (broad SMARTS) is 1. The zero-order chi connectivity index (χ0) is 14.8. The molecule has 0 spiro atoms. The van der Waals surface area contributed by atoms with Gasteiger partial charge in [-0.1, -0.05) is 23.7 Å². The van der Waals surface area contributed by atoms with Gasteiger partial charge in [0.15, 0.2) is 11.4 Å². The lowest BCUT2D eigenvalue weighted by Crippen LogP contribution is -2.15. The van der Waals surface area contributed by atoms with Gasteiger partial charge in [0.1, 0.15) is 0 Å². The number of carboxylic acids is 1. The molecule has 1 aliphatic rings. The molecular weight excluding hydrogens is 292 g/mol. The number of rotatable bonds is 4. The molecule has 2 aromatic rings. The number of nitrogens with zero attached hydrogens (tertiary/aromatic N) is 2. The molecule has 1 fully saturated rings. The van der Waals surface area contributed by atoms with Gasteiger partial charge in [0.25, 0.3) is 0 Å². The van der Waals surface area contributed by atoms with Crippen LogP contribution < -0.4 is 4.74 Å². The molecule has 1 aliphatic carbocycles. The lowest BCUT2D eigenvalue weighted by molar-refractivity contribution is 0.0679. The molecule has 1 saturated carbocycles. The number of para-hydroxylation sites is 1. The Bertz CT molecular complexity index is 663.